The molecule has 1 saturated heterocycles. The van der Waals surface area contributed by atoms with Gasteiger partial charge < -0.3 is 25.7 Å². The van der Waals surface area contributed by atoms with Gasteiger partial charge in [-0.2, -0.15) is 0 Å². The van der Waals surface area contributed by atoms with Gasteiger partial charge in [-0.15, -0.1) is 0 Å². The summed E-state index contributed by atoms with van der Waals surface area (Å²) >= 11 is 0. The molecule has 5 N–H and O–H groups in total. The lowest BCUT2D eigenvalue weighted by molar-refractivity contribution is -0.223. The van der Waals surface area contributed by atoms with Crippen molar-refractivity contribution in [3.63, 3.8) is 0 Å². The molecule has 1 spiro atoms. The van der Waals surface area contributed by atoms with Crippen molar-refractivity contribution in [1.82, 2.24) is 5.32 Å². The van der Waals surface area contributed by atoms with Gasteiger partial charge >= 0.3 is 0 Å². The summed E-state index contributed by atoms with van der Waals surface area (Å²) in [6.07, 6.45) is -3.07. The highest BCUT2D eigenvalue weighted by Crippen LogP contribution is 2.59. The summed E-state index contributed by atoms with van der Waals surface area (Å²) in [6.45, 7) is 0. The Kier molecular flexibility index (Phi) is 1.29. The van der Waals surface area contributed by atoms with Crippen molar-refractivity contribution in [3.8, 4) is 0 Å². The molecule has 3 fully saturated rings. The Bertz CT molecular complexity index is 243. The first kappa shape index (κ1) is 8.14. The molecule has 0 radical (unpaired) electrons. The smallest absolute Gasteiger partial charge is 0.108 e. The molecular formula is C8H13NO4. The van der Waals surface area contributed by atoms with Crippen LogP contribution in [0.15, 0.2) is 0 Å². The number of nitrogens with one attached hydrogen (secondary N) is 1. The highest BCUT2D eigenvalue weighted by Gasteiger charge is 2.77. The van der Waals surface area contributed by atoms with E-state index in [0.29, 0.717) is 6.42 Å². The van der Waals surface area contributed by atoms with Crippen LogP contribution in [0, 0.1) is 5.41 Å². The predicted molar refractivity (Wildman–Crippen MR) is 41.8 cm³/mol. The fourth-order valence-electron chi connectivity index (χ4n) is 3.27. The van der Waals surface area contributed by atoms with Crippen molar-refractivity contribution >= 4 is 0 Å². The maximum atomic E-state index is 9.70. The molecule has 13 heavy (non-hydrogen) atoms. The summed E-state index contributed by atoms with van der Waals surface area (Å²) in [6, 6.07) is -0.277. The van der Waals surface area contributed by atoms with Gasteiger partial charge in [0, 0.05) is 12.1 Å². The van der Waals surface area contributed by atoms with Crippen LogP contribution in [0.3, 0.4) is 0 Å². The van der Waals surface area contributed by atoms with E-state index in [1.807, 2.05) is 0 Å². The second kappa shape index (κ2) is 2.07. The third kappa shape index (κ3) is 0.591. The van der Waals surface area contributed by atoms with E-state index < -0.39 is 29.8 Å². The number of piperidine rings is 1. The number of aliphatic hydroxyl groups excluding tert-OH is 4. The van der Waals surface area contributed by atoms with Gasteiger partial charge in [0.15, 0.2) is 0 Å². The molecule has 0 aromatic rings. The van der Waals surface area contributed by atoms with E-state index in [1.54, 1.807) is 0 Å². The molecule has 0 aromatic carbocycles. The third-order valence-electron chi connectivity index (χ3n) is 4.09. The second-order valence-electron chi connectivity index (χ2n) is 4.37. The van der Waals surface area contributed by atoms with Gasteiger partial charge in [0.05, 0.1) is 23.7 Å². The lowest BCUT2D eigenvalue weighted by Gasteiger charge is -2.65. The van der Waals surface area contributed by atoms with Crippen molar-refractivity contribution in [2.24, 2.45) is 5.41 Å². The van der Waals surface area contributed by atoms with Crippen LogP contribution >= 0.6 is 0 Å². The Morgan fingerprint density at radius 3 is 2.15 bits per heavy atom. The maximum absolute atomic E-state index is 9.70. The van der Waals surface area contributed by atoms with E-state index in [9.17, 15) is 20.4 Å². The predicted octanol–water partition coefficient (Wildman–Crippen LogP) is -2.83. The van der Waals surface area contributed by atoms with Crippen molar-refractivity contribution < 1.29 is 20.4 Å². The van der Waals surface area contributed by atoms with E-state index in [1.165, 1.54) is 0 Å². The van der Waals surface area contributed by atoms with Gasteiger partial charge in [-0.25, -0.2) is 0 Å². The first-order chi connectivity index (χ1) is 6.10. The number of hydrogen-bond acceptors (Lipinski definition) is 5. The zero-order valence-corrected chi connectivity index (χ0v) is 6.96. The van der Waals surface area contributed by atoms with E-state index in [0.717, 1.165) is 0 Å². The molecule has 5 nitrogen and oxygen atoms in total. The molecule has 1 aliphatic heterocycles. The number of aliphatic hydroxyl groups is 4. The minimum absolute atomic E-state index is 0.0642. The quantitative estimate of drug-likeness (QED) is 0.282. The number of rotatable bonds is 0. The largest absolute Gasteiger partial charge is 0.392 e. The molecule has 0 unspecified atom stereocenters. The topological polar surface area (TPSA) is 93.0 Å². The summed E-state index contributed by atoms with van der Waals surface area (Å²) in [5.41, 5.74) is -0.668. The minimum Gasteiger partial charge on any atom is -0.392 e. The number of hydrogen-bond donors (Lipinski definition) is 5. The normalized spacial score (nSPS) is 69.2. The van der Waals surface area contributed by atoms with Gasteiger partial charge in [-0.1, -0.05) is 0 Å². The summed E-state index contributed by atoms with van der Waals surface area (Å²) in [4.78, 5) is 0. The standard InChI is InChI=1S/C8H13NO4/c10-3-1-2-8(3)6(9-2)4(11)5(12)7(8)13/h2-7,9-13H,1H2/t2-,3-,4+,5+,6+,7-,8+/m0/s1. The summed E-state index contributed by atoms with van der Waals surface area (Å²) in [5, 5.41) is 41.3. The van der Waals surface area contributed by atoms with Crippen LogP contribution in [0.5, 0.6) is 0 Å². The summed E-state index contributed by atoms with van der Waals surface area (Å²) < 4.78 is 0. The van der Waals surface area contributed by atoms with E-state index in [-0.39, 0.29) is 12.1 Å². The lowest BCUT2D eigenvalue weighted by atomic mass is 9.52. The molecule has 3 aliphatic rings. The first-order valence-corrected chi connectivity index (χ1v) is 4.58. The van der Waals surface area contributed by atoms with Crippen LogP contribution in [-0.2, 0) is 0 Å². The molecule has 2 aliphatic carbocycles. The van der Waals surface area contributed by atoms with Crippen LogP contribution in [0.25, 0.3) is 0 Å². The molecule has 2 saturated carbocycles. The Hall–Kier alpha value is -0.200. The van der Waals surface area contributed by atoms with Crippen LogP contribution in [0.4, 0.5) is 0 Å². The Morgan fingerprint density at radius 2 is 1.77 bits per heavy atom. The van der Waals surface area contributed by atoms with E-state index >= 15 is 0 Å². The van der Waals surface area contributed by atoms with Crippen LogP contribution in [0.1, 0.15) is 6.42 Å². The molecular weight excluding hydrogens is 174 g/mol. The summed E-state index contributed by atoms with van der Waals surface area (Å²) in [5.74, 6) is 0. The Balaban J connectivity index is 1.98. The van der Waals surface area contributed by atoms with Crippen LogP contribution in [-0.4, -0.2) is 56.9 Å². The zero-order valence-electron chi connectivity index (χ0n) is 6.96. The summed E-state index contributed by atoms with van der Waals surface area (Å²) in [7, 11) is 0. The fraction of sp³-hybridized carbons (Fsp3) is 1.00. The van der Waals surface area contributed by atoms with Crippen LogP contribution < -0.4 is 5.32 Å². The minimum atomic E-state index is -1.13. The second-order valence-corrected chi connectivity index (χ2v) is 4.37. The van der Waals surface area contributed by atoms with Crippen LogP contribution in [0.2, 0.25) is 0 Å². The van der Waals surface area contributed by atoms with Gasteiger partial charge in [0.25, 0.3) is 0 Å². The third-order valence-corrected chi connectivity index (χ3v) is 4.09. The zero-order chi connectivity index (χ0) is 9.38. The van der Waals surface area contributed by atoms with Crippen molar-refractivity contribution in [2.45, 2.75) is 42.9 Å². The average Bonchev–Trinajstić information content (AvgIpc) is 2.25. The van der Waals surface area contributed by atoms with Gasteiger partial charge in [0.2, 0.25) is 0 Å². The molecule has 5 heteroatoms. The molecule has 7 atom stereocenters. The molecule has 0 bridgehead atoms. The molecule has 0 aromatic heterocycles. The van der Waals surface area contributed by atoms with Gasteiger partial charge in [0.1, 0.15) is 6.10 Å². The molecule has 1 heterocycles. The van der Waals surface area contributed by atoms with E-state index in [2.05, 4.69) is 5.32 Å². The highest BCUT2D eigenvalue weighted by atomic mass is 16.4. The fourth-order valence-corrected chi connectivity index (χ4v) is 3.27. The molecule has 0 amide bonds. The average molecular weight is 187 g/mol. The van der Waals surface area contributed by atoms with Gasteiger partial charge in [-0.3, -0.25) is 0 Å². The molecule has 74 valence electrons. The Labute approximate surface area is 75.0 Å². The van der Waals surface area contributed by atoms with Gasteiger partial charge in [-0.05, 0) is 6.42 Å². The van der Waals surface area contributed by atoms with E-state index in [4.69, 9.17) is 0 Å². The maximum Gasteiger partial charge on any atom is 0.108 e. The lowest BCUT2D eigenvalue weighted by Crippen LogP contribution is -2.84. The van der Waals surface area contributed by atoms with Crippen molar-refractivity contribution in [1.29, 1.82) is 0 Å². The first-order valence-electron chi connectivity index (χ1n) is 4.58. The monoisotopic (exact) mass is 187 g/mol. The molecule has 3 rings (SSSR count). The van der Waals surface area contributed by atoms with Crippen molar-refractivity contribution in [2.75, 3.05) is 0 Å². The highest BCUT2D eigenvalue weighted by molar-refractivity contribution is 5.31. The van der Waals surface area contributed by atoms with Crippen molar-refractivity contribution in [3.05, 3.63) is 0 Å². The SMILES string of the molecule is O[C@@H]1[C@@H](O)[C@H](O)[C@]23[C@H](C[C@@H]2O)N[C@H]13. The Morgan fingerprint density at radius 1 is 1.08 bits per heavy atom.